The number of nitrogens with zero attached hydrogens (tertiary/aromatic N) is 3. The van der Waals surface area contributed by atoms with Crippen LogP contribution < -0.4 is 5.32 Å². The summed E-state index contributed by atoms with van der Waals surface area (Å²) in [6.07, 6.45) is 5.03. The molecule has 1 aromatic heterocycles. The summed E-state index contributed by atoms with van der Waals surface area (Å²) in [4.78, 5) is 7.27. The first-order chi connectivity index (χ1) is 10.1. The number of hydrogen-bond acceptors (Lipinski definition) is 5. The van der Waals surface area contributed by atoms with Crippen LogP contribution in [0.1, 0.15) is 70.0 Å². The molecule has 2 saturated heterocycles. The summed E-state index contributed by atoms with van der Waals surface area (Å²) in [5, 5.41) is 7.72. The van der Waals surface area contributed by atoms with Crippen LogP contribution in [-0.4, -0.2) is 46.8 Å². The van der Waals surface area contributed by atoms with Gasteiger partial charge in [-0.25, -0.2) is 0 Å². The lowest BCUT2D eigenvalue weighted by Crippen LogP contribution is -2.39. The van der Waals surface area contributed by atoms with Crippen LogP contribution in [0.15, 0.2) is 4.52 Å². The minimum Gasteiger partial charge on any atom is -0.339 e. The fourth-order valence-electron chi connectivity index (χ4n) is 3.93. The van der Waals surface area contributed by atoms with E-state index in [2.05, 4.69) is 43.2 Å². The molecule has 0 amide bonds. The van der Waals surface area contributed by atoms with Crippen LogP contribution in [-0.2, 0) is 0 Å². The van der Waals surface area contributed by atoms with Gasteiger partial charge < -0.3 is 14.7 Å². The van der Waals surface area contributed by atoms with Gasteiger partial charge in [0.1, 0.15) is 0 Å². The first-order valence-corrected chi connectivity index (χ1v) is 8.39. The van der Waals surface area contributed by atoms with Crippen molar-refractivity contribution in [3.05, 3.63) is 11.7 Å². The number of fused-ring (bicyclic) bond motifs is 2. The zero-order chi connectivity index (χ0) is 15.0. The molecule has 2 aliphatic rings. The first-order valence-electron chi connectivity index (χ1n) is 8.39. The van der Waals surface area contributed by atoms with Crippen molar-refractivity contribution >= 4 is 0 Å². The van der Waals surface area contributed by atoms with Gasteiger partial charge >= 0.3 is 0 Å². The highest BCUT2D eigenvalue weighted by molar-refractivity contribution is 5.07. The zero-order valence-corrected chi connectivity index (χ0v) is 13.7. The minimum atomic E-state index is 0.259. The lowest BCUT2D eigenvalue weighted by Gasteiger charge is -2.34. The van der Waals surface area contributed by atoms with Crippen LogP contribution in [0.2, 0.25) is 0 Å². The lowest BCUT2D eigenvalue weighted by atomic mass is 9.90. The van der Waals surface area contributed by atoms with Gasteiger partial charge in [-0.15, -0.1) is 0 Å². The maximum Gasteiger partial charge on any atom is 0.231 e. The van der Waals surface area contributed by atoms with E-state index in [1.54, 1.807) is 0 Å². The van der Waals surface area contributed by atoms with Crippen LogP contribution >= 0.6 is 0 Å². The minimum absolute atomic E-state index is 0.259. The summed E-state index contributed by atoms with van der Waals surface area (Å²) >= 11 is 0. The molecule has 5 heteroatoms. The Labute approximate surface area is 127 Å². The Kier molecular flexibility index (Phi) is 4.31. The van der Waals surface area contributed by atoms with Crippen LogP contribution in [0.5, 0.6) is 0 Å². The molecule has 5 nitrogen and oxygen atoms in total. The molecule has 0 saturated carbocycles. The summed E-state index contributed by atoms with van der Waals surface area (Å²) in [5.74, 6) is 2.46. The van der Waals surface area contributed by atoms with E-state index in [-0.39, 0.29) is 5.92 Å². The third kappa shape index (κ3) is 2.86. The predicted octanol–water partition coefficient (Wildman–Crippen LogP) is 2.51. The zero-order valence-electron chi connectivity index (χ0n) is 13.7. The van der Waals surface area contributed by atoms with Crippen molar-refractivity contribution < 1.29 is 4.52 Å². The van der Waals surface area contributed by atoms with Crippen molar-refractivity contribution in [2.24, 2.45) is 0 Å². The van der Waals surface area contributed by atoms with Crippen molar-refractivity contribution in [1.29, 1.82) is 0 Å². The second-order valence-corrected chi connectivity index (χ2v) is 6.84. The number of aromatic nitrogens is 2. The van der Waals surface area contributed by atoms with Gasteiger partial charge in [-0.1, -0.05) is 19.0 Å². The van der Waals surface area contributed by atoms with Crippen molar-refractivity contribution in [2.75, 3.05) is 13.6 Å². The van der Waals surface area contributed by atoms with Crippen molar-refractivity contribution in [3.63, 3.8) is 0 Å². The molecule has 3 rings (SSSR count). The molecule has 21 heavy (non-hydrogen) atoms. The summed E-state index contributed by atoms with van der Waals surface area (Å²) in [6, 6.07) is 1.79. The first kappa shape index (κ1) is 15.0. The van der Waals surface area contributed by atoms with Gasteiger partial charge in [0.15, 0.2) is 5.82 Å². The Bertz CT molecular complexity index is 461. The van der Waals surface area contributed by atoms with Gasteiger partial charge in [0.05, 0.1) is 5.92 Å². The van der Waals surface area contributed by atoms with E-state index in [9.17, 15) is 0 Å². The number of likely N-dealkylation sites (N-methyl/N-ethyl adjacent to an activating group) is 1. The standard InChI is InChI=1S/C16H28N4O/c1-5-17-11(3)10(2)16-18-15(19-21-16)12-8-13-6-7-14(9-12)20(13)4/h10-14,17H,5-9H2,1-4H3. The quantitative estimate of drug-likeness (QED) is 0.903. The molecule has 0 aromatic carbocycles. The van der Waals surface area contributed by atoms with Crippen molar-refractivity contribution in [1.82, 2.24) is 20.4 Å². The number of hydrogen-bond donors (Lipinski definition) is 1. The van der Waals surface area contributed by atoms with Gasteiger partial charge in [0.25, 0.3) is 0 Å². The molecule has 0 radical (unpaired) electrons. The molecule has 0 spiro atoms. The topological polar surface area (TPSA) is 54.2 Å². The summed E-state index contributed by atoms with van der Waals surface area (Å²) in [7, 11) is 2.26. The normalized spacial score (nSPS) is 32.3. The average molecular weight is 292 g/mol. The molecule has 0 aliphatic carbocycles. The molecular formula is C16H28N4O. The predicted molar refractivity (Wildman–Crippen MR) is 82.4 cm³/mol. The van der Waals surface area contributed by atoms with Gasteiger partial charge in [0, 0.05) is 24.0 Å². The lowest BCUT2D eigenvalue weighted by molar-refractivity contribution is 0.157. The molecule has 3 heterocycles. The third-order valence-electron chi connectivity index (χ3n) is 5.59. The summed E-state index contributed by atoms with van der Waals surface area (Å²) in [6.45, 7) is 7.42. The fraction of sp³-hybridized carbons (Fsp3) is 0.875. The number of nitrogens with one attached hydrogen (secondary N) is 1. The maximum absolute atomic E-state index is 5.55. The monoisotopic (exact) mass is 292 g/mol. The third-order valence-corrected chi connectivity index (χ3v) is 5.59. The second-order valence-electron chi connectivity index (χ2n) is 6.84. The molecule has 4 unspecified atom stereocenters. The van der Waals surface area contributed by atoms with Crippen LogP contribution in [0, 0.1) is 0 Å². The van der Waals surface area contributed by atoms with E-state index in [4.69, 9.17) is 9.51 Å². The van der Waals surface area contributed by atoms with E-state index in [1.165, 1.54) is 25.7 Å². The second kappa shape index (κ2) is 6.05. The van der Waals surface area contributed by atoms with Crippen LogP contribution in [0.25, 0.3) is 0 Å². The molecule has 2 fully saturated rings. The Morgan fingerprint density at radius 2 is 1.95 bits per heavy atom. The number of piperidine rings is 1. The molecule has 2 aliphatic heterocycles. The smallest absolute Gasteiger partial charge is 0.231 e. The van der Waals surface area contributed by atoms with E-state index in [1.807, 2.05) is 0 Å². The van der Waals surface area contributed by atoms with Gasteiger partial charge in [-0.05, 0) is 46.2 Å². The van der Waals surface area contributed by atoms with Crippen molar-refractivity contribution in [3.8, 4) is 0 Å². The van der Waals surface area contributed by atoms with E-state index >= 15 is 0 Å². The SMILES string of the molecule is CCNC(C)C(C)c1nc(C2CC3CCC(C2)N3C)no1. The summed E-state index contributed by atoms with van der Waals surface area (Å²) < 4.78 is 5.55. The Morgan fingerprint density at radius 1 is 1.29 bits per heavy atom. The molecule has 4 atom stereocenters. The van der Waals surface area contributed by atoms with Crippen molar-refractivity contribution in [2.45, 2.75) is 76.4 Å². The Morgan fingerprint density at radius 3 is 2.57 bits per heavy atom. The Balaban J connectivity index is 1.68. The highest BCUT2D eigenvalue weighted by Crippen LogP contribution is 2.41. The molecule has 118 valence electrons. The van der Waals surface area contributed by atoms with Gasteiger partial charge in [-0.3, -0.25) is 0 Å². The fourth-order valence-corrected chi connectivity index (χ4v) is 3.93. The highest BCUT2D eigenvalue weighted by Gasteiger charge is 2.40. The van der Waals surface area contributed by atoms with Crippen LogP contribution in [0.3, 0.4) is 0 Å². The average Bonchev–Trinajstić information content (AvgIpc) is 3.01. The highest BCUT2D eigenvalue weighted by atomic mass is 16.5. The van der Waals surface area contributed by atoms with E-state index < -0.39 is 0 Å². The maximum atomic E-state index is 5.55. The molecular weight excluding hydrogens is 264 g/mol. The largest absolute Gasteiger partial charge is 0.339 e. The number of rotatable bonds is 5. The molecule has 1 N–H and O–H groups in total. The summed E-state index contributed by atoms with van der Waals surface area (Å²) in [5.41, 5.74) is 0. The van der Waals surface area contributed by atoms with E-state index in [0.29, 0.717) is 24.0 Å². The van der Waals surface area contributed by atoms with Crippen LogP contribution in [0.4, 0.5) is 0 Å². The molecule has 1 aromatic rings. The van der Waals surface area contributed by atoms with Gasteiger partial charge in [-0.2, -0.15) is 4.98 Å². The van der Waals surface area contributed by atoms with Gasteiger partial charge in [0.2, 0.25) is 5.89 Å². The van der Waals surface area contributed by atoms with E-state index in [0.717, 1.165) is 18.3 Å². The molecule has 2 bridgehead atoms. The Hall–Kier alpha value is -0.940.